The molecule has 3 aliphatic rings. The predicted molar refractivity (Wildman–Crippen MR) is 154 cm³/mol. The van der Waals surface area contributed by atoms with Gasteiger partial charge in [0.25, 0.3) is 11.9 Å². The molecule has 48 heavy (non-hydrogen) atoms. The minimum atomic E-state index is -1.88. The van der Waals surface area contributed by atoms with Crippen molar-refractivity contribution in [2.75, 3.05) is 13.2 Å². The fourth-order valence-electron chi connectivity index (χ4n) is 5.29. The van der Waals surface area contributed by atoms with E-state index in [-0.39, 0.29) is 34.3 Å². The van der Waals surface area contributed by atoms with Gasteiger partial charge in [-0.25, -0.2) is 0 Å². The number of carboxylic acids is 1. The average Bonchev–Trinajstić information content (AvgIpc) is 3.04. The molecule has 2 fully saturated rings. The number of esters is 1. The van der Waals surface area contributed by atoms with Crippen molar-refractivity contribution in [3.05, 3.63) is 53.3 Å². The second kappa shape index (κ2) is 14.5. The van der Waals surface area contributed by atoms with E-state index in [4.69, 9.17) is 28.8 Å². The third-order valence-electron chi connectivity index (χ3n) is 7.85. The maximum absolute atomic E-state index is 11.8. The second-order valence-corrected chi connectivity index (χ2v) is 11.2. The summed E-state index contributed by atoms with van der Waals surface area (Å²) in [7, 11) is 0. The third kappa shape index (κ3) is 7.41. The van der Waals surface area contributed by atoms with E-state index in [0.717, 1.165) is 6.07 Å². The number of carbonyl (C=O) groups excluding carboxylic acids is 1. The molecular weight excluding hydrogens is 648 g/mol. The molecule has 11 N–H and O–H groups in total. The van der Waals surface area contributed by atoms with Gasteiger partial charge in [-0.05, 0) is 24.3 Å². The molecule has 11 atom stereocenters. The molecule has 0 spiro atoms. The molecule has 5 rings (SSSR count). The minimum absolute atomic E-state index is 0.0716. The number of benzene rings is 2. The summed E-state index contributed by atoms with van der Waals surface area (Å²) in [5.74, 6) is -3.16. The number of rotatable bonds is 10. The Balaban J connectivity index is 1.48. The standard InChI is InChI=1S/C30H34O18/c31-9-18-22(37)24(39)26(41)29(47-18)45-16-6-13(33)5-15-14(16)7-17(28(44-15)11-1-3-12(32)4-2-11)46-30-27(42)25(40)23(38)19(48-30)10-43-21(36)8-20(34)35/h1-7,18-19,22-33,37-42H,8-10H2,(H,34,35)/p+1/t18-,19+,22+,23+,24-,25-,26-,27+,28?,29+,30+/m0/s1. The van der Waals surface area contributed by atoms with Crippen LogP contribution in [0.1, 0.15) is 23.7 Å². The number of phenols is 2. The number of hydrogen-bond donors (Lipinski definition) is 10. The van der Waals surface area contributed by atoms with Crippen molar-refractivity contribution in [3.63, 3.8) is 0 Å². The molecule has 2 aromatic carbocycles. The first-order chi connectivity index (χ1) is 22.8. The highest BCUT2D eigenvalue weighted by Gasteiger charge is 2.48. The number of aliphatic carboxylic acids is 1. The molecule has 1 unspecified atom stereocenters. The van der Waals surface area contributed by atoms with E-state index in [0.29, 0.717) is 5.56 Å². The van der Waals surface area contributed by atoms with Gasteiger partial charge in [-0.1, -0.05) is 0 Å². The zero-order valence-corrected chi connectivity index (χ0v) is 24.8. The number of phenolic OH excluding ortho intramolecular Hbond substituents is 2. The Hall–Kier alpha value is -4.24. The summed E-state index contributed by atoms with van der Waals surface area (Å²) in [6.45, 7) is -1.44. The number of carbonyl (C=O) groups is 2. The molecule has 0 amide bonds. The van der Waals surface area contributed by atoms with Crippen molar-refractivity contribution < 1.29 is 89.1 Å². The van der Waals surface area contributed by atoms with Crippen molar-refractivity contribution in [2.24, 2.45) is 0 Å². The van der Waals surface area contributed by atoms with Gasteiger partial charge in [0.2, 0.25) is 12.6 Å². The molecule has 3 heterocycles. The predicted octanol–water partition coefficient (Wildman–Crippen LogP) is -2.54. The van der Waals surface area contributed by atoms with Crippen molar-refractivity contribution in [1.82, 2.24) is 0 Å². The number of aromatic hydroxyl groups is 3. The first-order valence-electron chi connectivity index (χ1n) is 14.6. The Morgan fingerprint density at radius 3 is 2.00 bits per heavy atom. The molecule has 0 aromatic heterocycles. The Bertz CT molecular complexity index is 1490. The Kier molecular flexibility index (Phi) is 10.6. The summed E-state index contributed by atoms with van der Waals surface area (Å²) in [6, 6.07) is 8.12. The van der Waals surface area contributed by atoms with Crippen LogP contribution in [-0.2, 0) is 28.5 Å². The maximum Gasteiger partial charge on any atom is 0.317 e. The number of aliphatic hydroxyl groups excluding tert-OH is 7. The molecule has 0 bridgehead atoms. The van der Waals surface area contributed by atoms with Gasteiger partial charge in [0.15, 0.2) is 5.76 Å². The van der Waals surface area contributed by atoms with Crippen molar-refractivity contribution in [3.8, 4) is 23.0 Å². The lowest BCUT2D eigenvalue weighted by molar-refractivity contribution is -0.296. The van der Waals surface area contributed by atoms with Crippen LogP contribution in [0.5, 0.6) is 23.0 Å². The van der Waals surface area contributed by atoms with Gasteiger partial charge in [0, 0.05) is 12.1 Å². The molecule has 18 heteroatoms. The van der Waals surface area contributed by atoms with Gasteiger partial charge in [0.1, 0.15) is 84.7 Å². The third-order valence-corrected chi connectivity index (χ3v) is 7.85. The number of aliphatic hydroxyl groups is 8. The fraction of sp³-hybridized carbons (Fsp3) is 0.467. The Morgan fingerprint density at radius 1 is 0.771 bits per heavy atom. The van der Waals surface area contributed by atoms with Gasteiger partial charge in [0.05, 0.1) is 18.2 Å². The van der Waals surface area contributed by atoms with Crippen LogP contribution in [0, 0.1) is 0 Å². The smallest absolute Gasteiger partial charge is 0.317 e. The summed E-state index contributed by atoms with van der Waals surface area (Å²) >= 11 is 0. The van der Waals surface area contributed by atoms with Crippen LogP contribution in [0.25, 0.3) is 6.08 Å². The Labute approximate surface area is 270 Å². The molecule has 0 aliphatic carbocycles. The van der Waals surface area contributed by atoms with Crippen LogP contribution in [0.15, 0.2) is 42.2 Å². The summed E-state index contributed by atoms with van der Waals surface area (Å²) in [5.41, 5.74) is 0.536. The lowest BCUT2D eigenvalue weighted by Crippen LogP contribution is -2.60. The van der Waals surface area contributed by atoms with Crippen LogP contribution in [0.4, 0.5) is 0 Å². The van der Waals surface area contributed by atoms with E-state index < -0.39 is 99.1 Å². The van der Waals surface area contributed by atoms with Crippen LogP contribution in [-0.4, -0.2) is 142 Å². The molecule has 262 valence electrons. The van der Waals surface area contributed by atoms with E-state index in [2.05, 4.69) is 4.74 Å². The highest BCUT2D eigenvalue weighted by Crippen LogP contribution is 2.46. The van der Waals surface area contributed by atoms with Gasteiger partial charge in [-0.2, -0.15) is 0 Å². The van der Waals surface area contributed by atoms with Gasteiger partial charge >= 0.3 is 11.9 Å². The zero-order valence-electron chi connectivity index (χ0n) is 24.8. The molecule has 18 nitrogen and oxygen atoms in total. The van der Waals surface area contributed by atoms with E-state index in [1.807, 2.05) is 0 Å². The summed E-state index contributed by atoms with van der Waals surface area (Å²) in [5, 5.41) is 101. The lowest BCUT2D eigenvalue weighted by atomic mass is 9.98. The average molecular weight is 684 g/mol. The summed E-state index contributed by atoms with van der Waals surface area (Å²) in [4.78, 5) is 22.6. The van der Waals surface area contributed by atoms with Crippen molar-refractivity contribution in [2.45, 2.75) is 73.9 Å². The fourth-order valence-corrected chi connectivity index (χ4v) is 5.29. The quantitative estimate of drug-likeness (QED) is 0.0701. The molecule has 0 saturated carbocycles. The van der Waals surface area contributed by atoms with E-state index >= 15 is 0 Å². The number of hydrogen-bond acceptors (Lipinski definition) is 16. The number of carboxylic acid groups (broad SMARTS) is 1. The minimum Gasteiger partial charge on any atom is -0.571 e. The highest BCUT2D eigenvalue weighted by molar-refractivity contribution is 5.90. The lowest BCUT2D eigenvalue weighted by Gasteiger charge is -2.41. The van der Waals surface area contributed by atoms with E-state index in [1.165, 1.54) is 36.4 Å². The first-order valence-corrected chi connectivity index (χ1v) is 14.6. The van der Waals surface area contributed by atoms with Crippen LogP contribution >= 0.6 is 0 Å². The molecule has 2 aromatic rings. The first kappa shape index (κ1) is 35.1. The van der Waals surface area contributed by atoms with Crippen molar-refractivity contribution in [1.29, 1.82) is 0 Å². The number of ether oxygens (including phenoxy) is 6. The largest absolute Gasteiger partial charge is 0.571 e. The summed E-state index contributed by atoms with van der Waals surface area (Å²) in [6.07, 6.45) is -17.6. The normalized spacial score (nSPS) is 33.1. The highest BCUT2D eigenvalue weighted by atomic mass is 16.7. The topological polar surface area (TPSA) is 295 Å². The molecule has 3 aliphatic heterocycles. The molecule has 2 saturated heterocycles. The molecular formula is C30H35O18+. The number of fused-ring (bicyclic) bond motifs is 1. The van der Waals surface area contributed by atoms with Crippen molar-refractivity contribution >= 4 is 18.0 Å². The zero-order chi connectivity index (χ0) is 34.9. The summed E-state index contributed by atoms with van der Waals surface area (Å²) < 4.78 is 32.3. The van der Waals surface area contributed by atoms with Gasteiger partial charge in [-0.3, -0.25) is 9.59 Å². The molecule has 0 radical (unpaired) electrons. The SMILES string of the molecule is O=C(O)CC(=O)OC[C@H]1O[C@@H](OC2=Cc3c(O[C@@H]4O[C@@H](CO)[C@@H](O)[C@H](O)[C@@H]4O)cc(O)cc3[OH+]C2c2ccc(O)cc2)[C@H](O)[C@@H](O)[C@@H]1O. The van der Waals surface area contributed by atoms with Crippen LogP contribution in [0.3, 0.4) is 0 Å². The van der Waals surface area contributed by atoms with Crippen LogP contribution < -0.4 is 4.74 Å². The Morgan fingerprint density at radius 2 is 1.38 bits per heavy atom. The van der Waals surface area contributed by atoms with E-state index in [1.54, 1.807) is 0 Å². The van der Waals surface area contributed by atoms with E-state index in [9.17, 15) is 55.5 Å². The van der Waals surface area contributed by atoms with Gasteiger partial charge < -0.3 is 79.5 Å². The van der Waals surface area contributed by atoms with Crippen LogP contribution in [0.2, 0.25) is 0 Å². The van der Waals surface area contributed by atoms with Gasteiger partial charge in [-0.15, -0.1) is 0 Å². The second-order valence-electron chi connectivity index (χ2n) is 11.2. The maximum atomic E-state index is 11.8. The monoisotopic (exact) mass is 683 g/mol.